The molecule has 2 heterocycles. The average Bonchev–Trinajstić information content (AvgIpc) is 3.29. The zero-order valence-corrected chi connectivity index (χ0v) is 15.3. The van der Waals surface area contributed by atoms with Crippen LogP contribution < -0.4 is 21.7 Å². The molecule has 1 aromatic heterocycles. The van der Waals surface area contributed by atoms with Gasteiger partial charge in [0.25, 0.3) is 0 Å². The summed E-state index contributed by atoms with van der Waals surface area (Å²) in [4.78, 5) is 54.8. The third-order valence-corrected chi connectivity index (χ3v) is 4.43. The minimum absolute atomic E-state index is 0.164. The molecule has 3 atom stereocenters. The van der Waals surface area contributed by atoms with E-state index in [1.807, 2.05) is 6.92 Å². The number of unbranched alkanes of at least 4 members (excludes halogenated alkanes) is 1. The molecule has 27 heavy (non-hydrogen) atoms. The zero-order valence-electron chi connectivity index (χ0n) is 15.3. The van der Waals surface area contributed by atoms with E-state index in [0.717, 1.165) is 12.8 Å². The summed E-state index contributed by atoms with van der Waals surface area (Å²) in [5, 5.41) is 7.84. The van der Waals surface area contributed by atoms with Gasteiger partial charge in [-0.2, -0.15) is 0 Å². The first-order valence-corrected chi connectivity index (χ1v) is 9.07. The van der Waals surface area contributed by atoms with Crippen molar-refractivity contribution in [2.45, 2.75) is 63.6 Å². The number of nitrogens with zero attached hydrogens (tertiary/aromatic N) is 1. The lowest BCUT2D eigenvalue weighted by Gasteiger charge is -2.23. The molecule has 1 aliphatic rings. The van der Waals surface area contributed by atoms with Crippen molar-refractivity contribution in [2.24, 2.45) is 5.73 Å². The molecule has 1 aliphatic heterocycles. The van der Waals surface area contributed by atoms with Crippen LogP contribution in [0.2, 0.25) is 0 Å². The standard InChI is InChI=1S/C17H26N6O4/c1-2-3-4-11(15(18)25)22-17(27)13(7-10-8-19-9-20-10)23-16(26)12-5-6-14(24)21-12/h8-9,11-13H,2-7H2,1H3,(H2,18,25)(H,19,20)(H,21,24)(H,22,27)(H,23,26)/t11-,12-,13-/m0/s1. The van der Waals surface area contributed by atoms with Gasteiger partial charge < -0.3 is 26.7 Å². The molecule has 0 bridgehead atoms. The molecule has 0 radical (unpaired) electrons. The Morgan fingerprint density at radius 2 is 2.11 bits per heavy atom. The Balaban J connectivity index is 2.05. The van der Waals surface area contributed by atoms with E-state index in [-0.39, 0.29) is 18.7 Å². The van der Waals surface area contributed by atoms with Crippen LogP contribution >= 0.6 is 0 Å². The number of primary amides is 1. The highest BCUT2D eigenvalue weighted by Crippen LogP contribution is 2.08. The number of aromatic nitrogens is 2. The van der Waals surface area contributed by atoms with Crippen molar-refractivity contribution in [2.75, 3.05) is 0 Å². The number of carbonyl (C=O) groups is 4. The van der Waals surface area contributed by atoms with E-state index in [1.54, 1.807) is 6.20 Å². The van der Waals surface area contributed by atoms with Crippen molar-refractivity contribution in [3.05, 3.63) is 18.2 Å². The molecule has 4 amide bonds. The number of hydrogen-bond donors (Lipinski definition) is 5. The second kappa shape index (κ2) is 9.70. The number of carbonyl (C=O) groups excluding carboxylic acids is 4. The van der Waals surface area contributed by atoms with Gasteiger partial charge in [-0.1, -0.05) is 19.8 Å². The van der Waals surface area contributed by atoms with Gasteiger partial charge in [0, 0.05) is 24.7 Å². The molecule has 0 saturated carbocycles. The quantitative estimate of drug-likeness (QED) is 0.348. The summed E-state index contributed by atoms with van der Waals surface area (Å²) in [7, 11) is 0. The number of rotatable bonds is 10. The lowest BCUT2D eigenvalue weighted by Crippen LogP contribution is -2.56. The Hall–Kier alpha value is -2.91. The number of nitrogens with one attached hydrogen (secondary N) is 4. The highest BCUT2D eigenvalue weighted by Gasteiger charge is 2.31. The van der Waals surface area contributed by atoms with Gasteiger partial charge in [0.2, 0.25) is 23.6 Å². The van der Waals surface area contributed by atoms with Crippen molar-refractivity contribution in [3.8, 4) is 0 Å². The monoisotopic (exact) mass is 378 g/mol. The topological polar surface area (TPSA) is 159 Å². The van der Waals surface area contributed by atoms with Gasteiger partial charge in [0.15, 0.2) is 0 Å². The smallest absolute Gasteiger partial charge is 0.243 e. The fourth-order valence-corrected chi connectivity index (χ4v) is 2.87. The second-order valence-corrected chi connectivity index (χ2v) is 6.61. The van der Waals surface area contributed by atoms with Gasteiger partial charge in [-0.05, 0) is 12.8 Å². The Bertz CT molecular complexity index is 675. The maximum Gasteiger partial charge on any atom is 0.243 e. The summed E-state index contributed by atoms with van der Waals surface area (Å²) in [5.74, 6) is -1.77. The number of nitrogens with two attached hydrogens (primary N) is 1. The zero-order chi connectivity index (χ0) is 19.8. The minimum atomic E-state index is -0.932. The molecule has 1 aromatic rings. The SMILES string of the molecule is CCCC[C@H](NC(=O)[C@H](Cc1cnc[nH]1)NC(=O)[C@@H]1CCC(=O)N1)C(N)=O. The molecule has 2 rings (SSSR count). The van der Waals surface area contributed by atoms with Gasteiger partial charge in [-0.3, -0.25) is 19.2 Å². The van der Waals surface area contributed by atoms with Crippen LogP contribution in [-0.4, -0.2) is 51.7 Å². The average molecular weight is 378 g/mol. The Labute approximate surface area is 157 Å². The van der Waals surface area contributed by atoms with Crippen LogP contribution in [0.4, 0.5) is 0 Å². The van der Waals surface area contributed by atoms with Gasteiger partial charge >= 0.3 is 0 Å². The predicted molar refractivity (Wildman–Crippen MR) is 96.0 cm³/mol. The van der Waals surface area contributed by atoms with Crippen LogP contribution in [-0.2, 0) is 25.6 Å². The third-order valence-electron chi connectivity index (χ3n) is 4.43. The van der Waals surface area contributed by atoms with Gasteiger partial charge in [-0.15, -0.1) is 0 Å². The first-order chi connectivity index (χ1) is 12.9. The van der Waals surface area contributed by atoms with Crippen LogP contribution in [0.25, 0.3) is 0 Å². The van der Waals surface area contributed by atoms with E-state index in [2.05, 4.69) is 25.9 Å². The minimum Gasteiger partial charge on any atom is -0.368 e. The number of H-pyrrole nitrogens is 1. The van der Waals surface area contributed by atoms with E-state index in [4.69, 9.17) is 5.73 Å². The summed E-state index contributed by atoms with van der Waals surface area (Å²) in [6, 6.07) is -2.40. The molecule has 10 heteroatoms. The van der Waals surface area contributed by atoms with E-state index in [0.29, 0.717) is 18.5 Å². The van der Waals surface area contributed by atoms with Crippen LogP contribution in [0.15, 0.2) is 12.5 Å². The van der Waals surface area contributed by atoms with Gasteiger partial charge in [0.05, 0.1) is 6.33 Å². The van der Waals surface area contributed by atoms with E-state index < -0.39 is 35.8 Å². The molecule has 148 valence electrons. The largest absolute Gasteiger partial charge is 0.368 e. The third kappa shape index (κ3) is 6.08. The highest BCUT2D eigenvalue weighted by molar-refractivity contribution is 5.95. The van der Waals surface area contributed by atoms with Crippen molar-refractivity contribution in [1.29, 1.82) is 0 Å². The molecule has 10 nitrogen and oxygen atoms in total. The molecule has 1 fully saturated rings. The van der Waals surface area contributed by atoms with Crippen molar-refractivity contribution in [1.82, 2.24) is 25.9 Å². The summed E-state index contributed by atoms with van der Waals surface area (Å²) >= 11 is 0. The van der Waals surface area contributed by atoms with Crippen molar-refractivity contribution >= 4 is 23.6 Å². The van der Waals surface area contributed by atoms with Crippen LogP contribution in [0.1, 0.15) is 44.7 Å². The number of hydrogen-bond acceptors (Lipinski definition) is 5. The second-order valence-electron chi connectivity index (χ2n) is 6.61. The first-order valence-electron chi connectivity index (χ1n) is 9.07. The molecular formula is C17H26N6O4. The Kier molecular flexibility index (Phi) is 7.33. The van der Waals surface area contributed by atoms with Crippen LogP contribution in [0.3, 0.4) is 0 Å². The summed E-state index contributed by atoms with van der Waals surface area (Å²) < 4.78 is 0. The van der Waals surface area contributed by atoms with E-state index in [9.17, 15) is 19.2 Å². The summed E-state index contributed by atoms with van der Waals surface area (Å²) in [6.45, 7) is 1.97. The van der Waals surface area contributed by atoms with Gasteiger partial charge in [-0.25, -0.2) is 4.98 Å². The number of imidazole rings is 1. The molecule has 0 unspecified atom stereocenters. The number of amides is 4. The van der Waals surface area contributed by atoms with Gasteiger partial charge in [0.1, 0.15) is 18.1 Å². The Morgan fingerprint density at radius 3 is 2.67 bits per heavy atom. The fourth-order valence-electron chi connectivity index (χ4n) is 2.87. The highest BCUT2D eigenvalue weighted by atomic mass is 16.2. The molecular weight excluding hydrogens is 352 g/mol. The molecule has 0 aromatic carbocycles. The first kappa shape index (κ1) is 20.4. The predicted octanol–water partition coefficient (Wildman–Crippen LogP) is -1.12. The summed E-state index contributed by atoms with van der Waals surface area (Å²) in [5.41, 5.74) is 6.02. The van der Waals surface area contributed by atoms with Crippen molar-refractivity contribution in [3.63, 3.8) is 0 Å². The lowest BCUT2D eigenvalue weighted by atomic mass is 10.1. The van der Waals surface area contributed by atoms with E-state index >= 15 is 0 Å². The summed E-state index contributed by atoms with van der Waals surface area (Å²) in [6.07, 6.45) is 5.86. The Morgan fingerprint density at radius 1 is 1.33 bits per heavy atom. The maximum absolute atomic E-state index is 12.7. The van der Waals surface area contributed by atoms with Crippen LogP contribution in [0.5, 0.6) is 0 Å². The van der Waals surface area contributed by atoms with Crippen molar-refractivity contribution < 1.29 is 19.2 Å². The molecule has 0 spiro atoms. The van der Waals surface area contributed by atoms with E-state index in [1.165, 1.54) is 6.33 Å². The maximum atomic E-state index is 12.7. The fraction of sp³-hybridized carbons (Fsp3) is 0.588. The molecule has 0 aliphatic carbocycles. The molecule has 6 N–H and O–H groups in total. The molecule has 1 saturated heterocycles. The lowest BCUT2D eigenvalue weighted by molar-refractivity contribution is -0.132. The van der Waals surface area contributed by atoms with Crippen LogP contribution in [0, 0.1) is 0 Å². The number of aromatic amines is 1. The normalized spacial score (nSPS) is 18.4.